The molecule has 1 aromatic rings. The summed E-state index contributed by atoms with van der Waals surface area (Å²) in [5.41, 5.74) is 6.82. The second kappa shape index (κ2) is 4.75. The fraction of sp³-hybridized carbons (Fsp3) is 0.500. The van der Waals surface area contributed by atoms with Crippen LogP contribution in [0.15, 0.2) is 30.3 Å². The molecule has 15 heavy (non-hydrogen) atoms. The molecule has 1 aliphatic heterocycles. The van der Waals surface area contributed by atoms with E-state index in [9.17, 15) is 0 Å². The largest absolute Gasteiger partial charge is 0.347 e. The van der Waals surface area contributed by atoms with Crippen LogP contribution in [0.2, 0.25) is 0 Å². The van der Waals surface area contributed by atoms with Crippen LogP contribution in [0.5, 0.6) is 0 Å². The molecule has 2 N–H and O–H groups in total. The lowest BCUT2D eigenvalue weighted by molar-refractivity contribution is -0.158. The Hall–Kier alpha value is -0.900. The van der Waals surface area contributed by atoms with E-state index in [1.165, 1.54) is 5.56 Å². The molecular formula is C12H17NO2. The molecule has 0 aliphatic carbocycles. The summed E-state index contributed by atoms with van der Waals surface area (Å²) in [6.07, 6.45) is 1.53. The van der Waals surface area contributed by atoms with Crippen LogP contribution in [0.3, 0.4) is 0 Å². The summed E-state index contributed by atoms with van der Waals surface area (Å²) >= 11 is 0. The van der Waals surface area contributed by atoms with Crippen molar-refractivity contribution in [3.8, 4) is 0 Å². The highest BCUT2D eigenvalue weighted by molar-refractivity contribution is 5.16. The Labute approximate surface area is 90.2 Å². The monoisotopic (exact) mass is 207 g/mol. The van der Waals surface area contributed by atoms with Gasteiger partial charge in [0, 0.05) is 12.8 Å². The first-order valence-electron chi connectivity index (χ1n) is 5.37. The standard InChI is InChI=1S/C12H17NO2/c13-7-6-12(14-8-9-15-12)10-11-4-2-1-3-5-11/h1-5H,6-10,13H2. The summed E-state index contributed by atoms with van der Waals surface area (Å²) in [6, 6.07) is 10.2. The molecule has 0 aromatic heterocycles. The molecule has 1 heterocycles. The van der Waals surface area contributed by atoms with Crippen molar-refractivity contribution in [3.63, 3.8) is 0 Å². The topological polar surface area (TPSA) is 44.5 Å². The van der Waals surface area contributed by atoms with E-state index in [0.717, 1.165) is 12.8 Å². The smallest absolute Gasteiger partial charge is 0.173 e. The normalized spacial score (nSPS) is 19.3. The van der Waals surface area contributed by atoms with E-state index in [4.69, 9.17) is 15.2 Å². The third-order valence-corrected chi connectivity index (χ3v) is 2.66. The fourth-order valence-electron chi connectivity index (χ4n) is 1.96. The van der Waals surface area contributed by atoms with E-state index in [0.29, 0.717) is 19.8 Å². The molecular weight excluding hydrogens is 190 g/mol. The lowest BCUT2D eigenvalue weighted by atomic mass is 10.0. The Morgan fingerprint density at radius 1 is 1.13 bits per heavy atom. The Morgan fingerprint density at radius 3 is 2.40 bits per heavy atom. The molecule has 1 aromatic carbocycles. The van der Waals surface area contributed by atoms with Gasteiger partial charge in [-0.1, -0.05) is 30.3 Å². The van der Waals surface area contributed by atoms with Gasteiger partial charge < -0.3 is 15.2 Å². The van der Waals surface area contributed by atoms with Crippen LogP contribution in [0.1, 0.15) is 12.0 Å². The Kier molecular flexibility index (Phi) is 3.36. The number of rotatable bonds is 4. The highest BCUT2D eigenvalue weighted by Gasteiger charge is 2.35. The SMILES string of the molecule is NCCC1(Cc2ccccc2)OCCO1. The molecule has 0 atom stereocenters. The average Bonchev–Trinajstić information content (AvgIpc) is 2.69. The Balaban J connectivity index is 2.07. The van der Waals surface area contributed by atoms with Crippen molar-refractivity contribution >= 4 is 0 Å². The lowest BCUT2D eigenvalue weighted by Gasteiger charge is -2.26. The van der Waals surface area contributed by atoms with Gasteiger partial charge in [-0.05, 0) is 12.1 Å². The van der Waals surface area contributed by atoms with Crippen molar-refractivity contribution in [3.05, 3.63) is 35.9 Å². The first kappa shape index (κ1) is 10.6. The van der Waals surface area contributed by atoms with Gasteiger partial charge in [0.25, 0.3) is 0 Å². The van der Waals surface area contributed by atoms with Gasteiger partial charge in [0.2, 0.25) is 0 Å². The van der Waals surface area contributed by atoms with Gasteiger partial charge in [-0.2, -0.15) is 0 Å². The van der Waals surface area contributed by atoms with E-state index < -0.39 is 5.79 Å². The number of hydrogen-bond donors (Lipinski definition) is 1. The summed E-state index contributed by atoms with van der Waals surface area (Å²) in [5, 5.41) is 0. The highest BCUT2D eigenvalue weighted by Crippen LogP contribution is 2.27. The van der Waals surface area contributed by atoms with Crippen molar-refractivity contribution in [2.75, 3.05) is 19.8 Å². The van der Waals surface area contributed by atoms with Crippen LogP contribution in [0.4, 0.5) is 0 Å². The minimum Gasteiger partial charge on any atom is -0.347 e. The summed E-state index contributed by atoms with van der Waals surface area (Å²) in [4.78, 5) is 0. The van der Waals surface area contributed by atoms with Gasteiger partial charge >= 0.3 is 0 Å². The van der Waals surface area contributed by atoms with E-state index in [-0.39, 0.29) is 0 Å². The van der Waals surface area contributed by atoms with Crippen molar-refractivity contribution in [1.82, 2.24) is 0 Å². The third-order valence-electron chi connectivity index (χ3n) is 2.66. The van der Waals surface area contributed by atoms with E-state index in [2.05, 4.69) is 12.1 Å². The summed E-state index contributed by atoms with van der Waals surface area (Å²) in [5.74, 6) is -0.476. The van der Waals surface area contributed by atoms with Gasteiger partial charge in [-0.25, -0.2) is 0 Å². The maximum Gasteiger partial charge on any atom is 0.173 e. The summed E-state index contributed by atoms with van der Waals surface area (Å²) in [6.45, 7) is 1.94. The zero-order chi connectivity index (χ0) is 10.6. The highest BCUT2D eigenvalue weighted by atomic mass is 16.7. The Morgan fingerprint density at radius 2 is 1.80 bits per heavy atom. The second-order valence-corrected chi connectivity index (χ2v) is 3.81. The van der Waals surface area contributed by atoms with Crippen LogP contribution < -0.4 is 5.73 Å². The molecule has 0 spiro atoms. The van der Waals surface area contributed by atoms with Crippen LogP contribution >= 0.6 is 0 Å². The number of hydrogen-bond acceptors (Lipinski definition) is 3. The summed E-state index contributed by atoms with van der Waals surface area (Å²) in [7, 11) is 0. The van der Waals surface area contributed by atoms with Crippen molar-refractivity contribution < 1.29 is 9.47 Å². The van der Waals surface area contributed by atoms with E-state index >= 15 is 0 Å². The molecule has 3 heteroatoms. The molecule has 0 saturated carbocycles. The van der Waals surface area contributed by atoms with Crippen LogP contribution in [0, 0.1) is 0 Å². The summed E-state index contributed by atoms with van der Waals surface area (Å²) < 4.78 is 11.4. The first-order chi connectivity index (χ1) is 7.35. The van der Waals surface area contributed by atoms with Crippen molar-refractivity contribution in [1.29, 1.82) is 0 Å². The molecule has 0 amide bonds. The zero-order valence-electron chi connectivity index (χ0n) is 8.82. The molecule has 0 bridgehead atoms. The van der Waals surface area contributed by atoms with Gasteiger partial charge in [-0.3, -0.25) is 0 Å². The molecule has 0 unspecified atom stereocenters. The molecule has 1 fully saturated rings. The fourth-order valence-corrected chi connectivity index (χ4v) is 1.96. The van der Waals surface area contributed by atoms with Gasteiger partial charge in [0.1, 0.15) is 0 Å². The molecule has 1 aliphatic rings. The maximum absolute atomic E-state index is 5.68. The van der Waals surface area contributed by atoms with E-state index in [1.54, 1.807) is 0 Å². The first-order valence-corrected chi connectivity index (χ1v) is 5.37. The quantitative estimate of drug-likeness (QED) is 0.810. The molecule has 82 valence electrons. The zero-order valence-corrected chi connectivity index (χ0v) is 8.82. The lowest BCUT2D eigenvalue weighted by Crippen LogP contribution is -2.35. The van der Waals surface area contributed by atoms with Crippen LogP contribution in [0.25, 0.3) is 0 Å². The Bertz CT molecular complexity index is 294. The average molecular weight is 207 g/mol. The number of nitrogens with two attached hydrogens (primary N) is 1. The predicted molar refractivity (Wildman–Crippen MR) is 58.5 cm³/mol. The number of benzene rings is 1. The van der Waals surface area contributed by atoms with Gasteiger partial charge in [0.15, 0.2) is 5.79 Å². The number of ether oxygens (including phenoxy) is 2. The maximum atomic E-state index is 5.68. The van der Waals surface area contributed by atoms with Crippen LogP contribution in [-0.2, 0) is 15.9 Å². The van der Waals surface area contributed by atoms with Gasteiger partial charge in [-0.15, -0.1) is 0 Å². The predicted octanol–water partition coefficient (Wildman–Crippen LogP) is 1.32. The minimum absolute atomic E-state index is 0.476. The third kappa shape index (κ3) is 2.56. The molecule has 3 nitrogen and oxygen atoms in total. The van der Waals surface area contributed by atoms with Crippen molar-refractivity contribution in [2.24, 2.45) is 5.73 Å². The van der Waals surface area contributed by atoms with Crippen molar-refractivity contribution in [2.45, 2.75) is 18.6 Å². The molecule has 0 radical (unpaired) electrons. The minimum atomic E-state index is -0.476. The van der Waals surface area contributed by atoms with Gasteiger partial charge in [0.05, 0.1) is 13.2 Å². The van der Waals surface area contributed by atoms with E-state index in [1.807, 2.05) is 18.2 Å². The molecule has 1 saturated heterocycles. The molecule has 2 rings (SSSR count). The van der Waals surface area contributed by atoms with Crippen LogP contribution in [-0.4, -0.2) is 25.5 Å². The second-order valence-electron chi connectivity index (χ2n) is 3.81.